The minimum Gasteiger partial charge on any atom is -0.480 e. The molecular weight excluding hydrogens is 276 g/mol. The normalized spacial score (nSPS) is 13.0. The Kier molecular flexibility index (Phi) is 6.35. The van der Waals surface area contributed by atoms with Crippen molar-refractivity contribution in [3.8, 4) is 0 Å². The number of hydrogen-bond donors (Lipinski definition) is 4. The monoisotopic (exact) mass is 294 g/mol. The summed E-state index contributed by atoms with van der Waals surface area (Å²) in [6.07, 6.45) is 0.111. The van der Waals surface area contributed by atoms with E-state index in [-0.39, 0.29) is 6.42 Å². The number of nitrogens with one attached hydrogen (secondary N) is 2. The van der Waals surface area contributed by atoms with E-state index >= 15 is 0 Å². The standard InChI is InChI=1S/C14H18N2O5/c1-9(18)15-12(8-17)13(19)16-11(14(20)21)7-10-5-3-2-4-6-10/h2-6,11-12,17H,7-8H2,1H3,(H,15,18)(H,16,19)(H,20,21)/t11-,12-/m0/s1. The van der Waals surface area contributed by atoms with E-state index in [2.05, 4.69) is 10.6 Å². The van der Waals surface area contributed by atoms with Gasteiger partial charge in [-0.25, -0.2) is 4.79 Å². The van der Waals surface area contributed by atoms with Crippen molar-refractivity contribution in [3.05, 3.63) is 35.9 Å². The Bertz CT molecular complexity index is 503. The topological polar surface area (TPSA) is 116 Å². The molecule has 7 heteroatoms. The number of aliphatic hydroxyl groups excluding tert-OH is 1. The first-order valence-corrected chi connectivity index (χ1v) is 6.39. The summed E-state index contributed by atoms with van der Waals surface area (Å²) in [6.45, 7) is 0.595. The summed E-state index contributed by atoms with van der Waals surface area (Å²) < 4.78 is 0. The zero-order valence-electron chi connectivity index (χ0n) is 11.6. The maximum absolute atomic E-state index is 11.9. The van der Waals surface area contributed by atoms with E-state index in [1.165, 1.54) is 6.92 Å². The Morgan fingerprint density at radius 3 is 2.19 bits per heavy atom. The molecule has 0 unspecified atom stereocenters. The molecule has 0 fully saturated rings. The van der Waals surface area contributed by atoms with E-state index in [0.717, 1.165) is 5.56 Å². The lowest BCUT2D eigenvalue weighted by Gasteiger charge is -2.19. The Morgan fingerprint density at radius 1 is 1.10 bits per heavy atom. The molecule has 0 saturated heterocycles. The Balaban J connectivity index is 2.71. The fourth-order valence-electron chi connectivity index (χ4n) is 1.76. The van der Waals surface area contributed by atoms with E-state index < -0.39 is 36.5 Å². The first-order chi connectivity index (χ1) is 9.93. The van der Waals surface area contributed by atoms with E-state index in [9.17, 15) is 14.4 Å². The quantitative estimate of drug-likeness (QED) is 0.530. The van der Waals surface area contributed by atoms with E-state index in [1.54, 1.807) is 30.3 Å². The third-order valence-corrected chi connectivity index (χ3v) is 2.77. The van der Waals surface area contributed by atoms with Crippen LogP contribution in [0.2, 0.25) is 0 Å². The summed E-state index contributed by atoms with van der Waals surface area (Å²) in [4.78, 5) is 34.0. The van der Waals surface area contributed by atoms with Crippen LogP contribution in [0.5, 0.6) is 0 Å². The number of amides is 2. The van der Waals surface area contributed by atoms with Gasteiger partial charge in [-0.1, -0.05) is 30.3 Å². The van der Waals surface area contributed by atoms with Crippen molar-refractivity contribution in [3.63, 3.8) is 0 Å². The second kappa shape index (κ2) is 8.01. The predicted molar refractivity (Wildman–Crippen MR) is 74.4 cm³/mol. The molecule has 0 bridgehead atoms. The van der Waals surface area contributed by atoms with Gasteiger partial charge >= 0.3 is 5.97 Å². The highest BCUT2D eigenvalue weighted by Crippen LogP contribution is 2.04. The number of rotatable bonds is 7. The molecule has 114 valence electrons. The van der Waals surface area contributed by atoms with Gasteiger partial charge in [0, 0.05) is 13.3 Å². The summed E-state index contributed by atoms with van der Waals surface area (Å²) in [7, 11) is 0. The molecule has 2 atom stereocenters. The maximum Gasteiger partial charge on any atom is 0.326 e. The third kappa shape index (κ3) is 5.62. The van der Waals surface area contributed by atoms with Crippen molar-refractivity contribution < 1.29 is 24.6 Å². The lowest BCUT2D eigenvalue weighted by molar-refractivity contribution is -0.142. The largest absolute Gasteiger partial charge is 0.480 e. The van der Waals surface area contributed by atoms with Gasteiger partial charge in [-0.05, 0) is 5.56 Å². The van der Waals surface area contributed by atoms with Gasteiger partial charge in [-0.15, -0.1) is 0 Å². The molecule has 21 heavy (non-hydrogen) atoms. The van der Waals surface area contributed by atoms with E-state index in [4.69, 9.17) is 10.2 Å². The van der Waals surface area contributed by atoms with Crippen LogP contribution in [0.15, 0.2) is 30.3 Å². The van der Waals surface area contributed by atoms with Gasteiger partial charge in [0.2, 0.25) is 11.8 Å². The predicted octanol–water partition coefficient (Wildman–Crippen LogP) is -0.704. The van der Waals surface area contributed by atoms with Crippen LogP contribution in [-0.2, 0) is 20.8 Å². The molecule has 1 aromatic rings. The summed E-state index contributed by atoms with van der Waals surface area (Å²) in [5.74, 6) is -2.41. The average Bonchev–Trinajstić information content (AvgIpc) is 2.44. The number of carbonyl (C=O) groups excluding carboxylic acids is 2. The van der Waals surface area contributed by atoms with Crippen LogP contribution >= 0.6 is 0 Å². The Morgan fingerprint density at radius 2 is 1.71 bits per heavy atom. The second-order valence-electron chi connectivity index (χ2n) is 4.52. The maximum atomic E-state index is 11.9. The molecule has 0 spiro atoms. The Hall–Kier alpha value is -2.41. The third-order valence-electron chi connectivity index (χ3n) is 2.77. The van der Waals surface area contributed by atoms with Crippen LogP contribution in [0.4, 0.5) is 0 Å². The highest BCUT2D eigenvalue weighted by atomic mass is 16.4. The van der Waals surface area contributed by atoms with E-state index in [0.29, 0.717) is 0 Å². The highest BCUT2D eigenvalue weighted by Gasteiger charge is 2.25. The van der Waals surface area contributed by atoms with Crippen molar-refractivity contribution in [1.29, 1.82) is 0 Å². The molecule has 0 radical (unpaired) electrons. The average molecular weight is 294 g/mol. The number of carbonyl (C=O) groups is 3. The molecule has 1 rings (SSSR count). The molecule has 0 aliphatic carbocycles. The van der Waals surface area contributed by atoms with Crippen LogP contribution < -0.4 is 10.6 Å². The zero-order valence-corrected chi connectivity index (χ0v) is 11.6. The van der Waals surface area contributed by atoms with Gasteiger partial charge in [0.25, 0.3) is 0 Å². The number of carboxylic acids is 1. The van der Waals surface area contributed by atoms with Crippen LogP contribution in [0.3, 0.4) is 0 Å². The van der Waals surface area contributed by atoms with Crippen LogP contribution in [0.1, 0.15) is 12.5 Å². The number of carboxylic acid groups (broad SMARTS) is 1. The van der Waals surface area contributed by atoms with Crippen molar-refractivity contribution in [1.82, 2.24) is 10.6 Å². The van der Waals surface area contributed by atoms with Gasteiger partial charge < -0.3 is 20.8 Å². The van der Waals surface area contributed by atoms with Gasteiger partial charge in [-0.3, -0.25) is 9.59 Å². The summed E-state index contributed by atoms with van der Waals surface area (Å²) in [5.41, 5.74) is 0.755. The molecule has 0 saturated carbocycles. The van der Waals surface area contributed by atoms with Gasteiger partial charge in [0.15, 0.2) is 0 Å². The summed E-state index contributed by atoms with van der Waals surface area (Å²) >= 11 is 0. The highest BCUT2D eigenvalue weighted by molar-refractivity contribution is 5.90. The van der Waals surface area contributed by atoms with Crippen molar-refractivity contribution in [2.24, 2.45) is 0 Å². The molecule has 0 aliphatic heterocycles. The molecule has 0 aromatic heterocycles. The van der Waals surface area contributed by atoms with Crippen molar-refractivity contribution in [2.45, 2.75) is 25.4 Å². The minimum absolute atomic E-state index is 0.111. The van der Waals surface area contributed by atoms with Crippen LogP contribution in [-0.4, -0.2) is 46.7 Å². The molecule has 0 heterocycles. The van der Waals surface area contributed by atoms with Gasteiger partial charge in [0.1, 0.15) is 12.1 Å². The smallest absolute Gasteiger partial charge is 0.326 e. The fraction of sp³-hybridized carbons (Fsp3) is 0.357. The number of aliphatic carboxylic acids is 1. The fourth-order valence-corrected chi connectivity index (χ4v) is 1.76. The number of aliphatic hydroxyl groups is 1. The zero-order chi connectivity index (χ0) is 15.8. The number of hydrogen-bond acceptors (Lipinski definition) is 4. The second-order valence-corrected chi connectivity index (χ2v) is 4.52. The summed E-state index contributed by atoms with van der Waals surface area (Å²) in [5, 5.41) is 22.8. The van der Waals surface area contributed by atoms with Crippen LogP contribution in [0.25, 0.3) is 0 Å². The lowest BCUT2D eigenvalue weighted by Crippen LogP contribution is -2.53. The first-order valence-electron chi connectivity index (χ1n) is 6.39. The SMILES string of the molecule is CC(=O)N[C@@H](CO)C(=O)N[C@@H](Cc1ccccc1)C(=O)O. The molecule has 0 aliphatic rings. The Labute approximate surface area is 122 Å². The van der Waals surface area contributed by atoms with Gasteiger partial charge in [-0.2, -0.15) is 0 Å². The molecule has 4 N–H and O–H groups in total. The van der Waals surface area contributed by atoms with E-state index in [1.807, 2.05) is 0 Å². The first kappa shape index (κ1) is 16.6. The molecule has 1 aromatic carbocycles. The van der Waals surface area contributed by atoms with Crippen molar-refractivity contribution in [2.75, 3.05) is 6.61 Å². The van der Waals surface area contributed by atoms with Crippen LogP contribution in [0, 0.1) is 0 Å². The minimum atomic E-state index is -1.19. The van der Waals surface area contributed by atoms with Crippen molar-refractivity contribution >= 4 is 17.8 Å². The molecule has 7 nitrogen and oxygen atoms in total. The molecule has 2 amide bonds. The summed E-state index contributed by atoms with van der Waals surface area (Å²) in [6, 6.07) is 6.53. The number of benzene rings is 1. The lowest BCUT2D eigenvalue weighted by atomic mass is 10.1. The van der Waals surface area contributed by atoms with Gasteiger partial charge in [0.05, 0.1) is 6.61 Å². The molecular formula is C14H18N2O5.